The molecule has 242 valence electrons. The Hall–Kier alpha value is -5.23. The second-order valence-electron chi connectivity index (χ2n) is 12.6. The number of nitrogens with zero attached hydrogens (tertiary/aromatic N) is 6. The van der Waals surface area contributed by atoms with Gasteiger partial charge in [0.05, 0.1) is 17.4 Å². The van der Waals surface area contributed by atoms with Crippen molar-refractivity contribution < 1.29 is 19.1 Å². The number of benzene rings is 1. The van der Waals surface area contributed by atoms with E-state index in [-0.39, 0.29) is 29.4 Å². The molecule has 3 amide bonds. The van der Waals surface area contributed by atoms with Crippen molar-refractivity contribution in [1.29, 1.82) is 0 Å². The van der Waals surface area contributed by atoms with Crippen LogP contribution >= 0.6 is 0 Å². The summed E-state index contributed by atoms with van der Waals surface area (Å²) in [5, 5.41) is 6.41. The van der Waals surface area contributed by atoms with E-state index in [1.54, 1.807) is 48.8 Å². The third-order valence-electron chi connectivity index (χ3n) is 9.44. The Morgan fingerprint density at radius 1 is 1.02 bits per heavy atom. The van der Waals surface area contributed by atoms with Gasteiger partial charge in [0.1, 0.15) is 11.4 Å². The third kappa shape index (κ3) is 6.03. The number of anilines is 3. The first-order valence-corrected chi connectivity index (χ1v) is 16.0. The normalized spacial score (nSPS) is 19.2. The first-order valence-electron chi connectivity index (χ1n) is 16.0. The van der Waals surface area contributed by atoms with Gasteiger partial charge in [-0.1, -0.05) is 0 Å². The van der Waals surface area contributed by atoms with Crippen LogP contribution in [0.2, 0.25) is 0 Å². The molecule has 3 aliphatic heterocycles. The molecule has 3 aliphatic rings. The molecular formula is C35H38N8O4. The van der Waals surface area contributed by atoms with Crippen LogP contribution in [0.1, 0.15) is 35.2 Å². The number of aryl methyl sites for hydroxylation is 1. The van der Waals surface area contributed by atoms with Crippen molar-refractivity contribution >= 4 is 51.9 Å². The summed E-state index contributed by atoms with van der Waals surface area (Å²) in [5.74, 6) is 0.624. The Kier molecular flexibility index (Phi) is 8.10. The summed E-state index contributed by atoms with van der Waals surface area (Å²) in [6.07, 6.45) is 11.3. The lowest BCUT2D eigenvalue weighted by atomic mass is 9.94. The lowest BCUT2D eigenvalue weighted by Gasteiger charge is -2.36. The molecule has 0 radical (unpaired) electrons. The van der Waals surface area contributed by atoms with Gasteiger partial charge in [0.15, 0.2) is 5.76 Å². The fourth-order valence-electron chi connectivity index (χ4n) is 6.89. The highest BCUT2D eigenvalue weighted by Gasteiger charge is 2.33. The number of ketones is 1. The number of likely N-dealkylation sites (tertiary alicyclic amines) is 1. The number of rotatable bonds is 6. The van der Waals surface area contributed by atoms with Crippen LogP contribution in [-0.4, -0.2) is 88.4 Å². The summed E-state index contributed by atoms with van der Waals surface area (Å²) in [4.78, 5) is 54.6. The van der Waals surface area contributed by atoms with E-state index in [1.807, 2.05) is 42.0 Å². The molecule has 0 aliphatic carbocycles. The fraction of sp³-hybridized carbons (Fsp3) is 0.343. The van der Waals surface area contributed by atoms with E-state index < -0.39 is 6.03 Å². The monoisotopic (exact) mass is 634 g/mol. The van der Waals surface area contributed by atoms with Crippen LogP contribution in [0.5, 0.6) is 5.75 Å². The number of aromatic nitrogens is 3. The average Bonchev–Trinajstić information content (AvgIpc) is 3.75. The van der Waals surface area contributed by atoms with Gasteiger partial charge < -0.3 is 34.6 Å². The van der Waals surface area contributed by atoms with Crippen molar-refractivity contribution in [2.45, 2.75) is 25.3 Å². The molecule has 0 saturated carbocycles. The Bertz CT molecular complexity index is 1880. The number of Topliss-reactive ketones (excluding diaryl/α,β-unsaturated/α-hetero) is 1. The van der Waals surface area contributed by atoms with Crippen molar-refractivity contribution in [2.75, 3.05) is 55.8 Å². The molecule has 12 heteroatoms. The van der Waals surface area contributed by atoms with Crippen molar-refractivity contribution in [3.05, 3.63) is 78.1 Å². The second-order valence-corrected chi connectivity index (χ2v) is 12.6. The summed E-state index contributed by atoms with van der Waals surface area (Å²) in [6, 6.07) is 10.3. The molecule has 4 aromatic rings. The molecule has 2 saturated heterocycles. The predicted molar refractivity (Wildman–Crippen MR) is 181 cm³/mol. The number of carbonyl (C=O) groups excluding carboxylic acids is 3. The summed E-state index contributed by atoms with van der Waals surface area (Å²) in [6.45, 7) is 3.47. The number of nitrogens with one attached hydrogen (secondary N) is 2. The van der Waals surface area contributed by atoms with Gasteiger partial charge in [0.2, 0.25) is 11.7 Å². The second kappa shape index (κ2) is 12.5. The molecule has 1 aromatic carbocycles. The van der Waals surface area contributed by atoms with Gasteiger partial charge in [-0.3, -0.25) is 14.6 Å². The number of carbonyl (C=O) groups is 3. The van der Waals surface area contributed by atoms with E-state index in [0.29, 0.717) is 22.7 Å². The molecule has 7 rings (SSSR count). The lowest BCUT2D eigenvalue weighted by molar-refractivity contribution is -0.136. The maximum absolute atomic E-state index is 13.5. The van der Waals surface area contributed by atoms with Crippen LogP contribution in [0.3, 0.4) is 0 Å². The molecule has 2 fully saturated rings. The number of urea groups is 1. The first kappa shape index (κ1) is 30.4. The number of piperidine rings is 1. The van der Waals surface area contributed by atoms with Gasteiger partial charge in [0, 0.05) is 86.6 Å². The molecule has 0 spiro atoms. The minimum absolute atomic E-state index is 0.0145. The smallest absolute Gasteiger partial charge is 0.323 e. The minimum Gasteiger partial charge on any atom is -0.452 e. The van der Waals surface area contributed by atoms with Crippen molar-refractivity contribution in [1.82, 2.24) is 24.3 Å². The summed E-state index contributed by atoms with van der Waals surface area (Å²) in [5.41, 5.74) is 4.02. The molecule has 6 heterocycles. The van der Waals surface area contributed by atoms with Crippen LogP contribution in [-0.2, 0) is 11.8 Å². The number of likely N-dealkylation sites (N-methyl/N-ethyl adjacent to an activating group) is 2. The van der Waals surface area contributed by atoms with E-state index >= 15 is 0 Å². The average molecular weight is 635 g/mol. The topological polar surface area (TPSA) is 125 Å². The van der Waals surface area contributed by atoms with E-state index in [2.05, 4.69) is 37.4 Å². The molecule has 1 atom stereocenters. The quantitative estimate of drug-likeness (QED) is 0.295. The molecule has 0 bridgehead atoms. The van der Waals surface area contributed by atoms with Crippen LogP contribution < -0.4 is 20.3 Å². The highest BCUT2D eigenvalue weighted by Crippen LogP contribution is 2.37. The molecule has 1 unspecified atom stereocenters. The van der Waals surface area contributed by atoms with Gasteiger partial charge in [-0.05, 0) is 75.3 Å². The third-order valence-corrected chi connectivity index (χ3v) is 9.44. The molecule has 12 nitrogen and oxygen atoms in total. The van der Waals surface area contributed by atoms with Gasteiger partial charge in [-0.25, -0.2) is 9.78 Å². The van der Waals surface area contributed by atoms with E-state index in [9.17, 15) is 14.4 Å². The van der Waals surface area contributed by atoms with Gasteiger partial charge >= 0.3 is 6.03 Å². The maximum atomic E-state index is 13.5. The molecular weight excluding hydrogens is 596 g/mol. The number of hydrogen-bond acceptors (Lipinski definition) is 8. The number of amides is 3. The Morgan fingerprint density at radius 2 is 1.83 bits per heavy atom. The standard InChI is InChI=1S/C35H38N8O4/c1-40-14-11-26(21-40)42(3)34(45)22-9-15-43(16-10-22)28-8-13-37-33-31(28)23(20-41(33)2)17-30-32(44)27-18-24(6-7-29(27)47-30)38-35(46)39-25-5-4-12-36-19-25/h4-8,12-13,17-20,22,26H,9-11,14-16,21H2,1-3H3,(H2,38,39,46). The summed E-state index contributed by atoms with van der Waals surface area (Å²) in [7, 11) is 6.00. The Morgan fingerprint density at radius 3 is 2.57 bits per heavy atom. The number of hydrogen-bond donors (Lipinski definition) is 2. The van der Waals surface area contributed by atoms with Gasteiger partial charge in [-0.15, -0.1) is 0 Å². The molecule has 47 heavy (non-hydrogen) atoms. The zero-order chi connectivity index (χ0) is 32.7. The predicted octanol–water partition coefficient (Wildman–Crippen LogP) is 4.61. The molecule has 3 aromatic heterocycles. The number of ether oxygens (including phenoxy) is 1. The van der Waals surface area contributed by atoms with E-state index in [4.69, 9.17) is 4.74 Å². The largest absolute Gasteiger partial charge is 0.452 e. The van der Waals surface area contributed by atoms with Crippen molar-refractivity contribution in [2.24, 2.45) is 13.0 Å². The highest BCUT2D eigenvalue weighted by atomic mass is 16.5. The highest BCUT2D eigenvalue weighted by molar-refractivity contribution is 6.16. The van der Waals surface area contributed by atoms with Crippen LogP contribution in [0.25, 0.3) is 17.1 Å². The minimum atomic E-state index is -0.446. The fourth-order valence-corrected chi connectivity index (χ4v) is 6.89. The van der Waals surface area contributed by atoms with Gasteiger partial charge in [-0.2, -0.15) is 0 Å². The summed E-state index contributed by atoms with van der Waals surface area (Å²) < 4.78 is 7.97. The zero-order valence-electron chi connectivity index (χ0n) is 26.8. The summed E-state index contributed by atoms with van der Waals surface area (Å²) >= 11 is 0. The Balaban J connectivity index is 1.07. The number of pyridine rings is 2. The zero-order valence-corrected chi connectivity index (χ0v) is 26.8. The SMILES string of the molecule is CN1CCC(N(C)C(=O)C2CCN(c3ccnc4c3c(C=C3Oc5ccc(NC(=O)Nc6cccnc6)cc5C3=O)cn4C)CC2)C1. The van der Waals surface area contributed by atoms with Crippen molar-refractivity contribution in [3.63, 3.8) is 0 Å². The van der Waals surface area contributed by atoms with E-state index in [0.717, 1.165) is 67.7 Å². The van der Waals surface area contributed by atoms with E-state index in [1.165, 1.54) is 0 Å². The van der Waals surface area contributed by atoms with Crippen LogP contribution in [0.4, 0.5) is 21.9 Å². The van der Waals surface area contributed by atoms with Gasteiger partial charge in [0.25, 0.3) is 0 Å². The van der Waals surface area contributed by atoms with Crippen LogP contribution in [0.15, 0.2) is 66.9 Å². The maximum Gasteiger partial charge on any atom is 0.323 e. The molecule has 2 N–H and O–H groups in total. The number of allylic oxidation sites excluding steroid dienone is 1. The Labute approximate surface area is 273 Å². The lowest BCUT2D eigenvalue weighted by Crippen LogP contribution is -2.45. The van der Waals surface area contributed by atoms with Crippen molar-refractivity contribution in [3.8, 4) is 5.75 Å². The first-order chi connectivity index (χ1) is 22.7. The number of fused-ring (bicyclic) bond motifs is 2. The van der Waals surface area contributed by atoms with Crippen LogP contribution in [0, 0.1) is 5.92 Å².